The lowest BCUT2D eigenvalue weighted by molar-refractivity contribution is 0.112. The average molecular weight is 202 g/mol. The van der Waals surface area contributed by atoms with E-state index in [1.165, 1.54) is 15.5 Å². The first kappa shape index (κ1) is 9.77. The molecule has 0 aliphatic rings. The fraction of sp³-hybridized carbons (Fsp3) is 0.375. The highest BCUT2D eigenvalue weighted by Crippen LogP contribution is 2.25. The first-order valence-corrected chi connectivity index (χ1v) is 5.34. The van der Waals surface area contributed by atoms with Crippen LogP contribution in [0, 0.1) is 0 Å². The summed E-state index contributed by atoms with van der Waals surface area (Å²) in [6.07, 6.45) is 0.880. The third-order valence-corrected chi connectivity index (χ3v) is 3.45. The summed E-state index contributed by atoms with van der Waals surface area (Å²) in [5.41, 5.74) is 0. The van der Waals surface area contributed by atoms with Gasteiger partial charge in [0.05, 0.1) is 15.7 Å². The first-order chi connectivity index (χ1) is 5.86. The van der Waals surface area contributed by atoms with Gasteiger partial charge in [-0.25, -0.2) is 0 Å². The number of rotatable bonds is 5. The van der Waals surface area contributed by atoms with Gasteiger partial charge in [-0.15, -0.1) is 23.1 Å². The van der Waals surface area contributed by atoms with Crippen LogP contribution in [0.25, 0.3) is 0 Å². The van der Waals surface area contributed by atoms with Gasteiger partial charge in [0.15, 0.2) is 6.29 Å². The van der Waals surface area contributed by atoms with Crippen LogP contribution in [0.2, 0.25) is 0 Å². The molecule has 0 N–H and O–H groups in total. The SMILES string of the molecule is COCCSc1ccc(C=O)s1. The van der Waals surface area contributed by atoms with E-state index in [9.17, 15) is 4.79 Å². The maximum Gasteiger partial charge on any atom is 0.160 e. The molecule has 2 nitrogen and oxygen atoms in total. The zero-order chi connectivity index (χ0) is 8.81. The molecule has 0 unspecified atom stereocenters. The molecule has 0 aliphatic carbocycles. The molecule has 0 bridgehead atoms. The molecule has 12 heavy (non-hydrogen) atoms. The van der Waals surface area contributed by atoms with E-state index in [0.717, 1.165) is 23.5 Å². The lowest BCUT2D eigenvalue weighted by atomic mass is 10.5. The predicted octanol–water partition coefficient (Wildman–Crippen LogP) is 2.30. The van der Waals surface area contributed by atoms with Crippen LogP contribution in [-0.4, -0.2) is 25.8 Å². The Morgan fingerprint density at radius 2 is 2.50 bits per heavy atom. The van der Waals surface area contributed by atoms with Crippen LogP contribution in [0.3, 0.4) is 0 Å². The molecule has 1 rings (SSSR count). The third-order valence-electron chi connectivity index (χ3n) is 1.25. The first-order valence-electron chi connectivity index (χ1n) is 3.53. The number of aldehydes is 1. The van der Waals surface area contributed by atoms with Crippen molar-refractivity contribution in [1.29, 1.82) is 0 Å². The van der Waals surface area contributed by atoms with Crippen molar-refractivity contribution >= 4 is 29.4 Å². The minimum atomic E-state index is 0.749. The summed E-state index contributed by atoms with van der Waals surface area (Å²) in [4.78, 5) is 11.1. The molecule has 4 heteroatoms. The molecule has 0 spiro atoms. The van der Waals surface area contributed by atoms with Gasteiger partial charge in [-0.3, -0.25) is 4.79 Å². The monoisotopic (exact) mass is 202 g/mol. The lowest BCUT2D eigenvalue weighted by Gasteiger charge is -1.95. The number of carbonyl (C=O) groups excluding carboxylic acids is 1. The van der Waals surface area contributed by atoms with Crippen LogP contribution in [0.4, 0.5) is 0 Å². The Morgan fingerprint density at radius 1 is 1.67 bits per heavy atom. The highest BCUT2D eigenvalue weighted by molar-refractivity contribution is 8.01. The zero-order valence-corrected chi connectivity index (χ0v) is 8.41. The van der Waals surface area contributed by atoms with Crippen molar-refractivity contribution in [3.05, 3.63) is 17.0 Å². The Labute approximate surface area is 79.9 Å². The molecule has 1 aromatic rings. The van der Waals surface area contributed by atoms with E-state index >= 15 is 0 Å². The highest BCUT2D eigenvalue weighted by atomic mass is 32.2. The molecule has 66 valence electrons. The number of carbonyl (C=O) groups is 1. The number of ether oxygens (including phenoxy) is 1. The standard InChI is InChI=1S/C8H10O2S2/c1-10-4-5-11-8-3-2-7(6-9)12-8/h2-3,6H,4-5H2,1H3. The molecule has 0 aliphatic heterocycles. The van der Waals surface area contributed by atoms with E-state index < -0.39 is 0 Å². The number of methoxy groups -OCH3 is 1. The third kappa shape index (κ3) is 2.97. The van der Waals surface area contributed by atoms with Crippen LogP contribution < -0.4 is 0 Å². The number of hydrogen-bond acceptors (Lipinski definition) is 4. The Balaban J connectivity index is 2.36. The van der Waals surface area contributed by atoms with E-state index in [1.54, 1.807) is 18.9 Å². The molecule has 0 radical (unpaired) electrons. The van der Waals surface area contributed by atoms with E-state index in [2.05, 4.69) is 0 Å². The van der Waals surface area contributed by atoms with Crippen molar-refractivity contribution in [2.24, 2.45) is 0 Å². The summed E-state index contributed by atoms with van der Waals surface area (Å²) in [5, 5.41) is 0. The molecule has 1 aromatic heterocycles. The van der Waals surface area contributed by atoms with Gasteiger partial charge in [0.1, 0.15) is 0 Å². The highest BCUT2D eigenvalue weighted by Gasteiger charge is 1.98. The summed E-state index contributed by atoms with van der Waals surface area (Å²) >= 11 is 3.24. The van der Waals surface area contributed by atoms with Crippen molar-refractivity contribution in [2.45, 2.75) is 4.21 Å². The molecule has 0 atom stereocenters. The summed E-state index contributed by atoms with van der Waals surface area (Å²) in [6.45, 7) is 0.749. The predicted molar refractivity (Wildman–Crippen MR) is 52.3 cm³/mol. The Morgan fingerprint density at radius 3 is 3.08 bits per heavy atom. The topological polar surface area (TPSA) is 26.3 Å². The normalized spacial score (nSPS) is 10.1. The summed E-state index contributed by atoms with van der Waals surface area (Å²) in [6, 6.07) is 3.81. The van der Waals surface area contributed by atoms with Gasteiger partial charge in [-0.05, 0) is 12.1 Å². The zero-order valence-electron chi connectivity index (χ0n) is 6.78. The van der Waals surface area contributed by atoms with Crippen molar-refractivity contribution < 1.29 is 9.53 Å². The molecule has 1 heterocycles. The van der Waals surface area contributed by atoms with E-state index in [0.29, 0.717) is 0 Å². The van der Waals surface area contributed by atoms with Gasteiger partial charge in [0.25, 0.3) is 0 Å². The van der Waals surface area contributed by atoms with Crippen molar-refractivity contribution in [1.82, 2.24) is 0 Å². The maximum absolute atomic E-state index is 10.3. The molecular weight excluding hydrogens is 192 g/mol. The quantitative estimate of drug-likeness (QED) is 0.416. The van der Waals surface area contributed by atoms with Gasteiger partial charge in [0.2, 0.25) is 0 Å². The molecule has 0 saturated heterocycles. The van der Waals surface area contributed by atoms with Crippen molar-refractivity contribution in [3.63, 3.8) is 0 Å². The molecule has 0 saturated carbocycles. The molecule has 0 fully saturated rings. The fourth-order valence-corrected chi connectivity index (χ4v) is 2.64. The van der Waals surface area contributed by atoms with Gasteiger partial charge < -0.3 is 4.74 Å². The van der Waals surface area contributed by atoms with E-state index in [1.807, 2.05) is 12.1 Å². The minimum Gasteiger partial charge on any atom is -0.384 e. The molecule has 0 amide bonds. The summed E-state index contributed by atoms with van der Waals surface area (Å²) in [5.74, 6) is 0.940. The van der Waals surface area contributed by atoms with Crippen LogP contribution in [-0.2, 0) is 4.74 Å². The molecule has 0 aromatic carbocycles. The average Bonchev–Trinajstić information content (AvgIpc) is 2.53. The van der Waals surface area contributed by atoms with Gasteiger partial charge >= 0.3 is 0 Å². The van der Waals surface area contributed by atoms with Crippen molar-refractivity contribution in [3.8, 4) is 0 Å². The largest absolute Gasteiger partial charge is 0.384 e. The maximum atomic E-state index is 10.3. The van der Waals surface area contributed by atoms with Gasteiger partial charge in [0, 0.05) is 12.9 Å². The second kappa shape index (κ2) is 5.35. The summed E-state index contributed by atoms with van der Waals surface area (Å²) < 4.78 is 6.09. The minimum absolute atomic E-state index is 0.749. The lowest BCUT2D eigenvalue weighted by Crippen LogP contribution is -1.89. The van der Waals surface area contributed by atoms with E-state index in [4.69, 9.17) is 4.74 Å². The Bertz CT molecular complexity index is 245. The van der Waals surface area contributed by atoms with Crippen LogP contribution in [0.1, 0.15) is 9.67 Å². The van der Waals surface area contributed by atoms with Crippen LogP contribution in [0.5, 0.6) is 0 Å². The fourth-order valence-electron chi connectivity index (χ4n) is 0.701. The van der Waals surface area contributed by atoms with Crippen LogP contribution in [0.15, 0.2) is 16.3 Å². The Kier molecular flexibility index (Phi) is 4.35. The molecular formula is C8H10O2S2. The second-order valence-electron chi connectivity index (χ2n) is 2.12. The number of hydrogen-bond donors (Lipinski definition) is 0. The Hall–Kier alpha value is -0.320. The van der Waals surface area contributed by atoms with E-state index in [-0.39, 0.29) is 0 Å². The number of thioether (sulfide) groups is 1. The summed E-state index contributed by atoms with van der Waals surface area (Å²) in [7, 11) is 1.69. The second-order valence-corrected chi connectivity index (χ2v) is 4.63. The van der Waals surface area contributed by atoms with Gasteiger partial charge in [-0.1, -0.05) is 0 Å². The number of thiophene rings is 1. The van der Waals surface area contributed by atoms with Crippen LogP contribution >= 0.6 is 23.1 Å². The smallest absolute Gasteiger partial charge is 0.160 e. The van der Waals surface area contributed by atoms with Gasteiger partial charge in [-0.2, -0.15) is 0 Å². The van der Waals surface area contributed by atoms with Crippen molar-refractivity contribution in [2.75, 3.05) is 19.5 Å².